The van der Waals surface area contributed by atoms with E-state index < -0.39 is 5.97 Å². The minimum Gasteiger partial charge on any atom is -0.477 e. The number of nitrogens with one attached hydrogen (secondary N) is 1. The van der Waals surface area contributed by atoms with Gasteiger partial charge in [0.25, 0.3) is 0 Å². The van der Waals surface area contributed by atoms with E-state index in [2.05, 4.69) is 30.2 Å². The molecule has 0 saturated heterocycles. The summed E-state index contributed by atoms with van der Waals surface area (Å²) in [5, 5.41) is 12.0. The van der Waals surface area contributed by atoms with Gasteiger partial charge < -0.3 is 10.4 Å². The van der Waals surface area contributed by atoms with Gasteiger partial charge in [0.2, 0.25) is 0 Å². The number of thiophene rings is 1. The maximum absolute atomic E-state index is 10.8. The first-order valence-electron chi connectivity index (χ1n) is 5.55. The lowest BCUT2D eigenvalue weighted by Crippen LogP contribution is -2.03. The van der Waals surface area contributed by atoms with Crippen LogP contribution in [0.5, 0.6) is 0 Å². The van der Waals surface area contributed by atoms with Gasteiger partial charge in [0.05, 0.1) is 0 Å². The van der Waals surface area contributed by atoms with Crippen molar-refractivity contribution in [2.45, 2.75) is 20.4 Å². The Bertz CT molecular complexity index is 559. The van der Waals surface area contributed by atoms with Gasteiger partial charge in [-0.05, 0) is 37.6 Å². The highest BCUT2D eigenvalue weighted by molar-refractivity contribution is 7.12. The summed E-state index contributed by atoms with van der Waals surface area (Å²) in [5.41, 5.74) is 2.11. The van der Waals surface area contributed by atoms with Crippen LogP contribution in [0.4, 0.5) is 5.69 Å². The predicted molar refractivity (Wildman–Crippen MR) is 72.3 cm³/mol. The lowest BCUT2D eigenvalue weighted by atomic mass is 10.3. The van der Waals surface area contributed by atoms with Gasteiger partial charge >= 0.3 is 5.97 Å². The van der Waals surface area contributed by atoms with Crippen molar-refractivity contribution in [2.75, 3.05) is 5.32 Å². The molecule has 4 nitrogen and oxygen atoms in total. The maximum atomic E-state index is 10.8. The fourth-order valence-electron chi connectivity index (χ4n) is 1.58. The molecular weight excluding hydrogens is 248 g/mol. The van der Waals surface area contributed by atoms with Crippen LogP contribution in [0.1, 0.15) is 25.8 Å². The summed E-state index contributed by atoms with van der Waals surface area (Å²) in [6, 6.07) is 5.45. The highest BCUT2D eigenvalue weighted by atomic mass is 32.1. The Morgan fingerprint density at radius 2 is 2.22 bits per heavy atom. The number of aromatic nitrogens is 1. The van der Waals surface area contributed by atoms with Crippen LogP contribution in [0.3, 0.4) is 0 Å². The normalized spacial score (nSPS) is 10.3. The van der Waals surface area contributed by atoms with Gasteiger partial charge in [-0.3, -0.25) is 0 Å². The fourth-order valence-corrected chi connectivity index (χ4v) is 2.58. The monoisotopic (exact) mass is 262 g/mol. The maximum Gasteiger partial charge on any atom is 0.354 e. The van der Waals surface area contributed by atoms with Crippen LogP contribution < -0.4 is 5.32 Å². The zero-order chi connectivity index (χ0) is 13.1. The van der Waals surface area contributed by atoms with E-state index >= 15 is 0 Å². The molecule has 2 aromatic heterocycles. The zero-order valence-electron chi connectivity index (χ0n) is 10.2. The topological polar surface area (TPSA) is 62.2 Å². The Hall–Kier alpha value is -1.88. The second kappa shape index (κ2) is 5.18. The molecule has 5 heteroatoms. The van der Waals surface area contributed by atoms with Gasteiger partial charge in [-0.1, -0.05) is 0 Å². The molecule has 2 aromatic rings. The molecule has 0 amide bonds. The molecule has 0 aromatic carbocycles. The summed E-state index contributed by atoms with van der Waals surface area (Å²) in [7, 11) is 0. The molecular formula is C13H14N2O2S. The first-order chi connectivity index (χ1) is 8.56. The first kappa shape index (κ1) is 12.6. The third kappa shape index (κ3) is 2.87. The van der Waals surface area contributed by atoms with E-state index in [0.717, 1.165) is 5.69 Å². The summed E-state index contributed by atoms with van der Waals surface area (Å²) < 4.78 is 0. The minimum atomic E-state index is -1.01. The van der Waals surface area contributed by atoms with E-state index in [4.69, 9.17) is 5.11 Å². The number of pyridine rings is 1. The van der Waals surface area contributed by atoms with Crippen molar-refractivity contribution in [1.82, 2.24) is 4.98 Å². The van der Waals surface area contributed by atoms with Crippen LogP contribution in [0.15, 0.2) is 24.4 Å². The predicted octanol–water partition coefficient (Wildman–Crippen LogP) is 3.07. The number of carboxylic acid groups (broad SMARTS) is 1. The number of hydrogen-bond donors (Lipinski definition) is 2. The standard InChI is InChI=1S/C13H14N2O2S/c1-8-5-11(18-9(8)2)7-15-10-3-4-14-12(6-10)13(16)17/h3-6H,7H2,1-2H3,(H,14,15)(H,16,17). The molecule has 18 heavy (non-hydrogen) atoms. The van der Waals surface area contributed by atoms with Gasteiger partial charge in [0.1, 0.15) is 5.69 Å². The van der Waals surface area contributed by atoms with Gasteiger partial charge in [-0.2, -0.15) is 0 Å². The molecule has 0 fully saturated rings. The van der Waals surface area contributed by atoms with Crippen molar-refractivity contribution >= 4 is 23.0 Å². The van der Waals surface area contributed by atoms with E-state index in [-0.39, 0.29) is 5.69 Å². The summed E-state index contributed by atoms with van der Waals surface area (Å²) in [6.07, 6.45) is 1.50. The van der Waals surface area contributed by atoms with Gasteiger partial charge in [-0.25, -0.2) is 9.78 Å². The zero-order valence-corrected chi connectivity index (χ0v) is 11.0. The number of carbonyl (C=O) groups is 1. The van der Waals surface area contributed by atoms with Crippen molar-refractivity contribution < 1.29 is 9.90 Å². The Morgan fingerprint density at radius 3 is 2.83 bits per heavy atom. The van der Waals surface area contributed by atoms with E-state index in [9.17, 15) is 4.79 Å². The average Bonchev–Trinajstić information content (AvgIpc) is 2.67. The quantitative estimate of drug-likeness (QED) is 0.889. The molecule has 0 unspecified atom stereocenters. The van der Waals surface area contributed by atoms with E-state index in [1.165, 1.54) is 27.6 Å². The van der Waals surface area contributed by atoms with Crippen molar-refractivity contribution in [2.24, 2.45) is 0 Å². The van der Waals surface area contributed by atoms with Gasteiger partial charge in [0.15, 0.2) is 0 Å². The Balaban J connectivity index is 2.06. The van der Waals surface area contributed by atoms with E-state index in [1.54, 1.807) is 17.4 Å². The first-order valence-corrected chi connectivity index (χ1v) is 6.37. The third-order valence-electron chi connectivity index (χ3n) is 2.66. The summed E-state index contributed by atoms with van der Waals surface area (Å²) in [4.78, 5) is 17.1. The van der Waals surface area contributed by atoms with Crippen LogP contribution in [-0.2, 0) is 6.54 Å². The second-order valence-corrected chi connectivity index (χ2v) is 5.38. The fraction of sp³-hybridized carbons (Fsp3) is 0.231. The smallest absolute Gasteiger partial charge is 0.354 e. The van der Waals surface area contributed by atoms with Crippen LogP contribution in [0.25, 0.3) is 0 Å². The van der Waals surface area contributed by atoms with E-state index in [1.807, 2.05) is 0 Å². The van der Waals surface area contributed by atoms with Crippen molar-refractivity contribution in [3.05, 3.63) is 45.4 Å². The lowest BCUT2D eigenvalue weighted by Gasteiger charge is -2.04. The molecule has 0 radical (unpaired) electrons. The van der Waals surface area contributed by atoms with Crippen LogP contribution in [0.2, 0.25) is 0 Å². The molecule has 94 valence electrons. The van der Waals surface area contributed by atoms with Gasteiger partial charge in [-0.15, -0.1) is 11.3 Å². The number of anilines is 1. The number of carboxylic acids is 1. The summed E-state index contributed by atoms with van der Waals surface area (Å²) in [6.45, 7) is 4.88. The van der Waals surface area contributed by atoms with Crippen LogP contribution in [0, 0.1) is 13.8 Å². The average molecular weight is 262 g/mol. The summed E-state index contributed by atoms with van der Waals surface area (Å²) >= 11 is 1.75. The number of hydrogen-bond acceptors (Lipinski definition) is 4. The molecule has 0 aliphatic rings. The number of nitrogens with zero attached hydrogens (tertiary/aromatic N) is 1. The Labute approximate surface area is 109 Å². The SMILES string of the molecule is Cc1cc(CNc2ccnc(C(=O)O)c2)sc1C. The van der Waals surface area contributed by atoms with Crippen LogP contribution >= 0.6 is 11.3 Å². The second-order valence-electron chi connectivity index (χ2n) is 4.04. The van der Waals surface area contributed by atoms with Crippen LogP contribution in [-0.4, -0.2) is 16.1 Å². The molecule has 0 aliphatic carbocycles. The Kier molecular flexibility index (Phi) is 3.62. The van der Waals surface area contributed by atoms with Gasteiger partial charge in [0, 0.05) is 28.2 Å². The molecule has 0 spiro atoms. The van der Waals surface area contributed by atoms with Crippen molar-refractivity contribution in [1.29, 1.82) is 0 Å². The molecule has 0 atom stereocenters. The highest BCUT2D eigenvalue weighted by Gasteiger charge is 2.05. The van der Waals surface area contributed by atoms with E-state index in [0.29, 0.717) is 6.54 Å². The number of aromatic carboxylic acids is 1. The molecule has 2 heterocycles. The molecule has 0 aliphatic heterocycles. The lowest BCUT2D eigenvalue weighted by molar-refractivity contribution is 0.0690. The Morgan fingerprint density at radius 1 is 1.44 bits per heavy atom. The van der Waals surface area contributed by atoms with Crippen molar-refractivity contribution in [3.8, 4) is 0 Å². The highest BCUT2D eigenvalue weighted by Crippen LogP contribution is 2.21. The minimum absolute atomic E-state index is 0.0542. The molecule has 2 N–H and O–H groups in total. The molecule has 0 saturated carbocycles. The largest absolute Gasteiger partial charge is 0.477 e. The third-order valence-corrected chi connectivity index (χ3v) is 3.82. The molecule has 2 rings (SSSR count). The summed E-state index contributed by atoms with van der Waals surface area (Å²) in [5.74, 6) is -1.01. The number of aryl methyl sites for hydroxylation is 2. The molecule has 0 bridgehead atoms. The number of rotatable bonds is 4. The van der Waals surface area contributed by atoms with Crippen molar-refractivity contribution in [3.63, 3.8) is 0 Å².